The molecule has 2 aliphatic rings. The van der Waals surface area contributed by atoms with E-state index < -0.39 is 0 Å². The zero-order chi connectivity index (χ0) is 15.9. The van der Waals surface area contributed by atoms with Gasteiger partial charge in [-0.2, -0.15) is 0 Å². The van der Waals surface area contributed by atoms with Crippen LogP contribution in [0.25, 0.3) is 0 Å². The summed E-state index contributed by atoms with van der Waals surface area (Å²) < 4.78 is 5.37. The molecule has 2 fully saturated rings. The molecule has 1 atom stereocenters. The molecule has 23 heavy (non-hydrogen) atoms. The third-order valence-electron chi connectivity index (χ3n) is 5.02. The van der Waals surface area contributed by atoms with Crippen LogP contribution in [-0.2, 0) is 16.0 Å². The van der Waals surface area contributed by atoms with Crippen LogP contribution in [0.15, 0.2) is 30.3 Å². The maximum Gasteiger partial charge on any atom is 0.236 e. The Bertz CT molecular complexity index is 485. The van der Waals surface area contributed by atoms with Crippen molar-refractivity contribution < 1.29 is 9.53 Å². The molecule has 1 amide bonds. The van der Waals surface area contributed by atoms with Gasteiger partial charge in [-0.05, 0) is 37.7 Å². The number of carbonyl (C=O) groups excluding carboxylic acids is 1. The number of hydrogen-bond acceptors (Lipinski definition) is 3. The molecule has 2 saturated heterocycles. The number of aryl methyl sites for hydroxylation is 1. The van der Waals surface area contributed by atoms with Gasteiger partial charge in [-0.15, -0.1) is 0 Å². The van der Waals surface area contributed by atoms with Crippen molar-refractivity contribution in [3.63, 3.8) is 0 Å². The van der Waals surface area contributed by atoms with Crippen molar-refractivity contribution in [2.75, 3.05) is 39.4 Å². The van der Waals surface area contributed by atoms with E-state index in [-0.39, 0.29) is 0 Å². The summed E-state index contributed by atoms with van der Waals surface area (Å²) in [5.41, 5.74) is 1.37. The van der Waals surface area contributed by atoms with Gasteiger partial charge in [-0.1, -0.05) is 30.3 Å². The Morgan fingerprint density at radius 3 is 2.65 bits per heavy atom. The number of amides is 1. The zero-order valence-electron chi connectivity index (χ0n) is 14.0. The van der Waals surface area contributed by atoms with Gasteiger partial charge in [0.25, 0.3) is 0 Å². The molecule has 2 aliphatic heterocycles. The van der Waals surface area contributed by atoms with Crippen LogP contribution < -0.4 is 0 Å². The summed E-state index contributed by atoms with van der Waals surface area (Å²) in [5.74, 6) is 0.310. The normalized spacial score (nSPS) is 23.0. The minimum Gasteiger partial charge on any atom is -0.379 e. The number of benzene rings is 1. The Morgan fingerprint density at radius 1 is 1.09 bits per heavy atom. The SMILES string of the molecule is O=C(CN1CCOCC1)N1CCCCC1CCc1ccccc1. The van der Waals surface area contributed by atoms with Crippen molar-refractivity contribution in [3.05, 3.63) is 35.9 Å². The van der Waals surface area contributed by atoms with E-state index in [9.17, 15) is 4.79 Å². The fourth-order valence-electron chi connectivity index (χ4n) is 3.65. The molecule has 1 aromatic rings. The van der Waals surface area contributed by atoms with Crippen LogP contribution in [0.3, 0.4) is 0 Å². The number of piperidine rings is 1. The van der Waals surface area contributed by atoms with Crippen molar-refractivity contribution in [3.8, 4) is 0 Å². The molecule has 1 aromatic carbocycles. The van der Waals surface area contributed by atoms with Crippen molar-refractivity contribution in [1.82, 2.24) is 9.80 Å². The van der Waals surface area contributed by atoms with E-state index in [4.69, 9.17) is 4.74 Å². The highest BCUT2D eigenvalue weighted by molar-refractivity contribution is 5.78. The third-order valence-corrected chi connectivity index (χ3v) is 5.02. The number of carbonyl (C=O) groups is 1. The summed E-state index contributed by atoms with van der Waals surface area (Å²) >= 11 is 0. The first-order valence-corrected chi connectivity index (χ1v) is 8.96. The van der Waals surface area contributed by atoms with E-state index in [2.05, 4.69) is 40.1 Å². The predicted octanol–water partition coefficient (Wildman–Crippen LogP) is 2.33. The number of ether oxygens (including phenoxy) is 1. The highest BCUT2D eigenvalue weighted by Crippen LogP contribution is 2.22. The van der Waals surface area contributed by atoms with Gasteiger partial charge in [-0.3, -0.25) is 9.69 Å². The Morgan fingerprint density at radius 2 is 1.87 bits per heavy atom. The lowest BCUT2D eigenvalue weighted by Gasteiger charge is -2.37. The molecule has 0 spiro atoms. The molecule has 0 aliphatic carbocycles. The molecule has 4 heteroatoms. The van der Waals surface area contributed by atoms with Crippen LogP contribution in [0, 0.1) is 0 Å². The second-order valence-electron chi connectivity index (χ2n) is 6.65. The Labute approximate surface area is 139 Å². The van der Waals surface area contributed by atoms with Crippen LogP contribution in [0.2, 0.25) is 0 Å². The Hall–Kier alpha value is -1.39. The summed E-state index contributed by atoms with van der Waals surface area (Å²) in [6, 6.07) is 11.0. The predicted molar refractivity (Wildman–Crippen MR) is 91.4 cm³/mol. The average molecular weight is 316 g/mol. The monoisotopic (exact) mass is 316 g/mol. The van der Waals surface area contributed by atoms with Gasteiger partial charge >= 0.3 is 0 Å². The molecule has 3 rings (SSSR count). The summed E-state index contributed by atoms with van der Waals surface area (Å²) in [5, 5.41) is 0. The van der Waals surface area contributed by atoms with Gasteiger partial charge in [0.15, 0.2) is 0 Å². The second kappa shape index (κ2) is 8.46. The molecule has 126 valence electrons. The van der Waals surface area contributed by atoms with Gasteiger partial charge in [0, 0.05) is 25.7 Å². The van der Waals surface area contributed by atoms with E-state index >= 15 is 0 Å². The maximum absolute atomic E-state index is 12.7. The third kappa shape index (κ3) is 4.79. The first-order valence-electron chi connectivity index (χ1n) is 8.96. The first-order chi connectivity index (χ1) is 11.3. The van der Waals surface area contributed by atoms with Crippen LogP contribution >= 0.6 is 0 Å². The smallest absolute Gasteiger partial charge is 0.236 e. The minimum absolute atomic E-state index is 0.310. The summed E-state index contributed by atoms with van der Waals surface area (Å²) in [6.45, 7) is 4.77. The molecule has 4 nitrogen and oxygen atoms in total. The average Bonchev–Trinajstić information content (AvgIpc) is 2.62. The summed E-state index contributed by atoms with van der Waals surface area (Å²) in [7, 11) is 0. The molecule has 1 unspecified atom stereocenters. The van der Waals surface area contributed by atoms with Gasteiger partial charge < -0.3 is 9.64 Å². The molecule has 0 N–H and O–H groups in total. The summed E-state index contributed by atoms with van der Waals surface area (Å²) in [4.78, 5) is 17.1. The standard InChI is InChI=1S/C19H28N2O2/c22-19(16-20-12-14-23-15-13-20)21-11-5-4-8-18(21)10-9-17-6-2-1-3-7-17/h1-3,6-7,18H,4-5,8-16H2. The number of nitrogens with zero attached hydrogens (tertiary/aromatic N) is 2. The number of hydrogen-bond donors (Lipinski definition) is 0. The highest BCUT2D eigenvalue weighted by atomic mass is 16.5. The van der Waals surface area contributed by atoms with Gasteiger partial charge in [0.05, 0.1) is 19.8 Å². The number of likely N-dealkylation sites (tertiary alicyclic amines) is 1. The van der Waals surface area contributed by atoms with E-state index in [1.165, 1.54) is 12.0 Å². The highest BCUT2D eigenvalue weighted by Gasteiger charge is 2.27. The lowest BCUT2D eigenvalue weighted by molar-refractivity contribution is -0.137. The molecule has 0 aromatic heterocycles. The fourth-order valence-corrected chi connectivity index (χ4v) is 3.65. The van der Waals surface area contributed by atoms with E-state index in [1.54, 1.807) is 0 Å². The van der Waals surface area contributed by atoms with E-state index in [0.717, 1.165) is 58.5 Å². The molecular formula is C19H28N2O2. The number of rotatable bonds is 5. The Balaban J connectivity index is 1.53. The van der Waals surface area contributed by atoms with Crippen LogP contribution in [-0.4, -0.2) is 61.1 Å². The number of morpholine rings is 1. The first kappa shape index (κ1) is 16.5. The topological polar surface area (TPSA) is 32.8 Å². The zero-order valence-corrected chi connectivity index (χ0v) is 14.0. The fraction of sp³-hybridized carbons (Fsp3) is 0.632. The van der Waals surface area contributed by atoms with Crippen LogP contribution in [0.4, 0.5) is 0 Å². The van der Waals surface area contributed by atoms with Crippen molar-refractivity contribution in [2.24, 2.45) is 0 Å². The summed E-state index contributed by atoms with van der Waals surface area (Å²) in [6.07, 6.45) is 5.70. The van der Waals surface area contributed by atoms with E-state index in [0.29, 0.717) is 18.5 Å². The lowest BCUT2D eigenvalue weighted by Crippen LogP contribution is -2.50. The van der Waals surface area contributed by atoms with Gasteiger partial charge in [0.1, 0.15) is 0 Å². The second-order valence-corrected chi connectivity index (χ2v) is 6.65. The van der Waals surface area contributed by atoms with Gasteiger partial charge in [0.2, 0.25) is 5.91 Å². The van der Waals surface area contributed by atoms with Gasteiger partial charge in [-0.25, -0.2) is 0 Å². The largest absolute Gasteiger partial charge is 0.379 e. The minimum atomic E-state index is 0.310. The van der Waals surface area contributed by atoms with Crippen molar-refractivity contribution in [2.45, 2.75) is 38.1 Å². The lowest BCUT2D eigenvalue weighted by atomic mass is 9.95. The van der Waals surface area contributed by atoms with Crippen LogP contribution in [0.5, 0.6) is 0 Å². The molecule has 0 radical (unpaired) electrons. The quantitative estimate of drug-likeness (QED) is 0.836. The maximum atomic E-state index is 12.7. The van der Waals surface area contributed by atoms with E-state index in [1.807, 2.05) is 0 Å². The van der Waals surface area contributed by atoms with Crippen molar-refractivity contribution in [1.29, 1.82) is 0 Å². The molecule has 0 saturated carbocycles. The van der Waals surface area contributed by atoms with Crippen molar-refractivity contribution >= 4 is 5.91 Å². The molecular weight excluding hydrogens is 288 g/mol. The Kier molecular flexibility index (Phi) is 6.06. The van der Waals surface area contributed by atoms with Crippen LogP contribution in [0.1, 0.15) is 31.2 Å². The molecule has 2 heterocycles. The molecule has 0 bridgehead atoms.